The smallest absolute Gasteiger partial charge is 0.245 e. The molecule has 2 unspecified atom stereocenters. The zero-order valence-electron chi connectivity index (χ0n) is 11.2. The predicted molar refractivity (Wildman–Crippen MR) is 67.0 cm³/mol. The van der Waals surface area contributed by atoms with Crippen LogP contribution in [-0.4, -0.2) is 60.0 Å². The standard InChI is InChI=1S/C13H22N2O3/c1-3-18-10(2)8-14-9-12(16)15-7-5-4-6-11(15)13(14)17/h10-11H,3-9H2,1-2H3. The van der Waals surface area contributed by atoms with E-state index in [1.54, 1.807) is 9.80 Å². The first-order valence-corrected chi connectivity index (χ1v) is 6.83. The SMILES string of the molecule is CCOC(C)CN1CC(=O)N2CCCCC2C1=O. The molecule has 0 radical (unpaired) electrons. The highest BCUT2D eigenvalue weighted by Gasteiger charge is 2.40. The zero-order valence-corrected chi connectivity index (χ0v) is 11.2. The summed E-state index contributed by atoms with van der Waals surface area (Å²) in [6.07, 6.45) is 2.85. The molecule has 2 fully saturated rings. The Morgan fingerprint density at radius 2 is 2.17 bits per heavy atom. The van der Waals surface area contributed by atoms with E-state index in [0.29, 0.717) is 13.2 Å². The molecule has 2 heterocycles. The van der Waals surface area contributed by atoms with Gasteiger partial charge in [0.05, 0.1) is 12.6 Å². The minimum absolute atomic E-state index is 0.0121. The van der Waals surface area contributed by atoms with Gasteiger partial charge in [-0.15, -0.1) is 0 Å². The average Bonchev–Trinajstić information content (AvgIpc) is 2.36. The number of carbonyl (C=O) groups is 2. The van der Waals surface area contributed by atoms with Crippen molar-refractivity contribution in [2.24, 2.45) is 0 Å². The van der Waals surface area contributed by atoms with E-state index in [4.69, 9.17) is 4.74 Å². The number of hydrogen-bond acceptors (Lipinski definition) is 3. The molecule has 2 aliphatic rings. The molecule has 0 aromatic rings. The highest BCUT2D eigenvalue weighted by Crippen LogP contribution is 2.23. The van der Waals surface area contributed by atoms with Crippen molar-refractivity contribution in [3.63, 3.8) is 0 Å². The Labute approximate surface area is 108 Å². The molecular weight excluding hydrogens is 232 g/mol. The fourth-order valence-corrected chi connectivity index (χ4v) is 2.83. The molecule has 102 valence electrons. The third-order valence-electron chi connectivity index (χ3n) is 3.67. The van der Waals surface area contributed by atoms with Gasteiger partial charge in [-0.1, -0.05) is 0 Å². The third kappa shape index (κ3) is 2.66. The number of amides is 2. The number of hydrogen-bond donors (Lipinski definition) is 0. The van der Waals surface area contributed by atoms with Crippen LogP contribution in [0.25, 0.3) is 0 Å². The summed E-state index contributed by atoms with van der Waals surface area (Å²) in [5.41, 5.74) is 0. The lowest BCUT2D eigenvalue weighted by molar-refractivity contribution is -0.159. The molecule has 2 amide bonds. The van der Waals surface area contributed by atoms with Gasteiger partial charge in [-0.2, -0.15) is 0 Å². The molecule has 0 aromatic heterocycles. The summed E-state index contributed by atoms with van der Waals surface area (Å²) in [6, 6.07) is -0.214. The molecule has 0 spiro atoms. The van der Waals surface area contributed by atoms with Crippen molar-refractivity contribution < 1.29 is 14.3 Å². The van der Waals surface area contributed by atoms with E-state index < -0.39 is 0 Å². The molecule has 2 atom stereocenters. The Morgan fingerprint density at radius 3 is 2.89 bits per heavy atom. The van der Waals surface area contributed by atoms with Crippen molar-refractivity contribution >= 4 is 11.8 Å². The first-order chi connectivity index (χ1) is 8.63. The normalized spacial score (nSPS) is 26.2. The molecular formula is C13H22N2O3. The van der Waals surface area contributed by atoms with Gasteiger partial charge in [0.15, 0.2) is 0 Å². The van der Waals surface area contributed by atoms with Crippen LogP contribution in [0, 0.1) is 0 Å². The summed E-state index contributed by atoms with van der Waals surface area (Å²) in [5, 5.41) is 0. The van der Waals surface area contributed by atoms with E-state index in [1.165, 1.54) is 0 Å². The minimum atomic E-state index is -0.214. The van der Waals surface area contributed by atoms with Crippen LogP contribution >= 0.6 is 0 Å². The summed E-state index contributed by atoms with van der Waals surface area (Å²) >= 11 is 0. The lowest BCUT2D eigenvalue weighted by atomic mass is 9.98. The highest BCUT2D eigenvalue weighted by atomic mass is 16.5. The molecule has 5 nitrogen and oxygen atoms in total. The van der Waals surface area contributed by atoms with Crippen LogP contribution in [0.5, 0.6) is 0 Å². The van der Waals surface area contributed by atoms with Gasteiger partial charge in [-0.25, -0.2) is 0 Å². The van der Waals surface area contributed by atoms with E-state index in [0.717, 1.165) is 25.8 Å². The number of ether oxygens (including phenoxy) is 1. The number of fused-ring (bicyclic) bond motifs is 1. The fraction of sp³-hybridized carbons (Fsp3) is 0.846. The second kappa shape index (κ2) is 5.69. The predicted octanol–water partition coefficient (Wildman–Crippen LogP) is 0.635. The lowest BCUT2D eigenvalue weighted by Gasteiger charge is -2.43. The first kappa shape index (κ1) is 13.3. The number of piperazine rings is 1. The monoisotopic (exact) mass is 254 g/mol. The molecule has 5 heteroatoms. The molecule has 2 saturated heterocycles. The van der Waals surface area contributed by atoms with E-state index >= 15 is 0 Å². The summed E-state index contributed by atoms with van der Waals surface area (Å²) in [6.45, 7) is 5.98. The van der Waals surface area contributed by atoms with Crippen LogP contribution in [0.2, 0.25) is 0 Å². The van der Waals surface area contributed by atoms with E-state index in [-0.39, 0.29) is 30.5 Å². The van der Waals surface area contributed by atoms with Gasteiger partial charge in [0.25, 0.3) is 0 Å². The summed E-state index contributed by atoms with van der Waals surface area (Å²) in [4.78, 5) is 27.8. The molecule has 0 N–H and O–H groups in total. The summed E-state index contributed by atoms with van der Waals surface area (Å²) in [5.74, 6) is 0.184. The Morgan fingerprint density at radius 1 is 1.39 bits per heavy atom. The second-order valence-electron chi connectivity index (χ2n) is 5.08. The number of piperidine rings is 1. The summed E-state index contributed by atoms with van der Waals surface area (Å²) in [7, 11) is 0. The van der Waals surface area contributed by atoms with Crippen molar-refractivity contribution in [3.8, 4) is 0 Å². The van der Waals surface area contributed by atoms with Crippen molar-refractivity contribution in [3.05, 3.63) is 0 Å². The Hall–Kier alpha value is -1.10. The van der Waals surface area contributed by atoms with Crippen LogP contribution in [-0.2, 0) is 14.3 Å². The first-order valence-electron chi connectivity index (χ1n) is 6.83. The number of rotatable bonds is 4. The fourth-order valence-electron chi connectivity index (χ4n) is 2.83. The van der Waals surface area contributed by atoms with Crippen molar-refractivity contribution in [2.45, 2.75) is 45.3 Å². The molecule has 0 saturated carbocycles. The molecule has 2 rings (SSSR count). The molecule has 2 aliphatic heterocycles. The zero-order chi connectivity index (χ0) is 13.1. The van der Waals surface area contributed by atoms with Gasteiger partial charge in [0, 0.05) is 19.7 Å². The van der Waals surface area contributed by atoms with Crippen LogP contribution in [0.3, 0.4) is 0 Å². The highest BCUT2D eigenvalue weighted by molar-refractivity contribution is 5.95. The Bertz CT molecular complexity index is 332. The maximum absolute atomic E-state index is 12.3. The number of carbonyl (C=O) groups excluding carboxylic acids is 2. The van der Waals surface area contributed by atoms with Gasteiger partial charge in [-0.05, 0) is 33.1 Å². The summed E-state index contributed by atoms with van der Waals surface area (Å²) < 4.78 is 5.45. The quantitative estimate of drug-likeness (QED) is 0.739. The maximum atomic E-state index is 12.3. The van der Waals surface area contributed by atoms with Gasteiger partial charge in [-0.3, -0.25) is 9.59 Å². The van der Waals surface area contributed by atoms with Gasteiger partial charge < -0.3 is 14.5 Å². The maximum Gasteiger partial charge on any atom is 0.245 e. The molecule has 0 aliphatic carbocycles. The molecule has 0 aromatic carbocycles. The average molecular weight is 254 g/mol. The van der Waals surface area contributed by atoms with Gasteiger partial charge >= 0.3 is 0 Å². The van der Waals surface area contributed by atoms with Gasteiger partial charge in [0.2, 0.25) is 11.8 Å². The third-order valence-corrected chi connectivity index (χ3v) is 3.67. The van der Waals surface area contributed by atoms with Crippen LogP contribution < -0.4 is 0 Å². The molecule has 18 heavy (non-hydrogen) atoms. The van der Waals surface area contributed by atoms with Crippen molar-refractivity contribution in [2.75, 3.05) is 26.2 Å². The Kier molecular flexibility index (Phi) is 4.22. The number of nitrogens with zero attached hydrogens (tertiary/aromatic N) is 2. The Balaban J connectivity index is 2.00. The van der Waals surface area contributed by atoms with E-state index in [9.17, 15) is 9.59 Å². The van der Waals surface area contributed by atoms with Crippen molar-refractivity contribution in [1.82, 2.24) is 9.80 Å². The second-order valence-corrected chi connectivity index (χ2v) is 5.08. The van der Waals surface area contributed by atoms with E-state index in [1.807, 2.05) is 13.8 Å². The van der Waals surface area contributed by atoms with Crippen LogP contribution in [0.1, 0.15) is 33.1 Å². The minimum Gasteiger partial charge on any atom is -0.377 e. The van der Waals surface area contributed by atoms with Crippen LogP contribution in [0.15, 0.2) is 0 Å². The van der Waals surface area contributed by atoms with Crippen molar-refractivity contribution in [1.29, 1.82) is 0 Å². The van der Waals surface area contributed by atoms with Gasteiger partial charge in [0.1, 0.15) is 6.04 Å². The topological polar surface area (TPSA) is 49.9 Å². The molecule has 0 bridgehead atoms. The van der Waals surface area contributed by atoms with E-state index in [2.05, 4.69) is 0 Å². The largest absolute Gasteiger partial charge is 0.377 e. The lowest BCUT2D eigenvalue weighted by Crippen LogP contribution is -2.62. The van der Waals surface area contributed by atoms with Crippen LogP contribution in [0.4, 0.5) is 0 Å².